The van der Waals surface area contributed by atoms with Crippen LogP contribution in [0.5, 0.6) is 0 Å². The molecule has 0 heterocycles. The van der Waals surface area contributed by atoms with Crippen LogP contribution >= 0.6 is 27.5 Å². The molecule has 1 nitrogen and oxygen atoms in total. The maximum Gasteiger partial charge on any atom is 0.129 e. The van der Waals surface area contributed by atoms with E-state index in [2.05, 4.69) is 21.2 Å². The molecule has 0 amide bonds. The summed E-state index contributed by atoms with van der Waals surface area (Å²) in [5, 5.41) is 3.32. The Morgan fingerprint density at radius 1 is 1.20 bits per heavy atom. The molecule has 2 aromatic rings. The normalized spacial score (nSPS) is 12.4. The summed E-state index contributed by atoms with van der Waals surface area (Å²) < 4.78 is 28.5. The summed E-state index contributed by atoms with van der Waals surface area (Å²) in [5.74, 6) is -0.721. The summed E-state index contributed by atoms with van der Waals surface area (Å²) in [5.41, 5.74) is 0.867. The lowest BCUT2D eigenvalue weighted by atomic mass is 9.98. The minimum Gasteiger partial charge on any atom is -0.313 e. The number of rotatable bonds is 4. The topological polar surface area (TPSA) is 12.0 Å². The molecule has 0 bridgehead atoms. The van der Waals surface area contributed by atoms with Crippen molar-refractivity contribution in [1.29, 1.82) is 0 Å². The van der Waals surface area contributed by atoms with Gasteiger partial charge in [0, 0.05) is 21.1 Å². The summed E-state index contributed by atoms with van der Waals surface area (Å²) in [4.78, 5) is 0. The summed E-state index contributed by atoms with van der Waals surface area (Å²) >= 11 is 9.26. The number of nitrogens with one attached hydrogen (secondary N) is 1. The molecule has 0 aliphatic carbocycles. The fourth-order valence-electron chi connectivity index (χ4n) is 2.10. The van der Waals surface area contributed by atoms with Crippen LogP contribution in [0.15, 0.2) is 40.9 Å². The van der Waals surface area contributed by atoms with Crippen molar-refractivity contribution in [3.05, 3.63) is 68.7 Å². The summed E-state index contributed by atoms with van der Waals surface area (Å²) in [6.07, 6.45) is 0.316. The van der Waals surface area contributed by atoms with E-state index in [0.29, 0.717) is 27.0 Å². The van der Waals surface area contributed by atoms with Crippen molar-refractivity contribution in [3.8, 4) is 0 Å². The van der Waals surface area contributed by atoms with E-state index in [9.17, 15) is 8.78 Å². The fraction of sp³-hybridized carbons (Fsp3) is 0.200. The molecule has 0 saturated carbocycles. The Bertz CT molecular complexity index is 599. The lowest BCUT2D eigenvalue weighted by molar-refractivity contribution is 0.520. The predicted octanol–water partition coefficient (Wildman–Crippen LogP) is 4.88. The zero-order chi connectivity index (χ0) is 14.7. The van der Waals surface area contributed by atoms with Gasteiger partial charge in [-0.15, -0.1) is 0 Å². The molecular formula is C15H13BrClF2N. The molecule has 1 atom stereocenters. The fourth-order valence-corrected chi connectivity index (χ4v) is 2.73. The second-order valence-corrected chi connectivity index (χ2v) is 5.74. The van der Waals surface area contributed by atoms with Gasteiger partial charge in [0.05, 0.1) is 0 Å². The van der Waals surface area contributed by atoms with Crippen LogP contribution < -0.4 is 5.32 Å². The third-order valence-electron chi connectivity index (χ3n) is 3.14. The molecule has 1 N–H and O–H groups in total. The number of hydrogen-bond acceptors (Lipinski definition) is 1. The lowest BCUT2D eigenvalue weighted by Crippen LogP contribution is -2.21. The summed E-state index contributed by atoms with van der Waals surface area (Å²) in [6.45, 7) is 0. The van der Waals surface area contributed by atoms with E-state index in [-0.39, 0.29) is 11.9 Å². The zero-order valence-electron chi connectivity index (χ0n) is 10.8. The Balaban J connectivity index is 2.34. The molecule has 0 saturated heterocycles. The molecule has 0 aliphatic heterocycles. The van der Waals surface area contributed by atoms with Crippen LogP contribution in [0, 0.1) is 11.6 Å². The van der Waals surface area contributed by atoms with Crippen LogP contribution in [0.25, 0.3) is 0 Å². The highest BCUT2D eigenvalue weighted by atomic mass is 79.9. The van der Waals surface area contributed by atoms with E-state index >= 15 is 0 Å². The van der Waals surface area contributed by atoms with Crippen LogP contribution in [-0.4, -0.2) is 7.05 Å². The second kappa shape index (κ2) is 6.66. The van der Waals surface area contributed by atoms with E-state index < -0.39 is 5.82 Å². The summed E-state index contributed by atoms with van der Waals surface area (Å²) in [7, 11) is 1.70. The first kappa shape index (κ1) is 15.4. The minimum atomic E-state index is -0.394. The molecule has 5 heteroatoms. The van der Waals surface area contributed by atoms with Gasteiger partial charge in [0.1, 0.15) is 11.6 Å². The SMILES string of the molecule is CNC(Cc1ccc(Br)cc1F)c1c(F)cccc1Cl. The minimum absolute atomic E-state index is 0.316. The highest BCUT2D eigenvalue weighted by Crippen LogP contribution is 2.29. The van der Waals surface area contributed by atoms with Gasteiger partial charge in [-0.3, -0.25) is 0 Å². The molecule has 0 aliphatic rings. The van der Waals surface area contributed by atoms with Crippen molar-refractivity contribution in [2.45, 2.75) is 12.5 Å². The smallest absolute Gasteiger partial charge is 0.129 e. The molecule has 2 aromatic carbocycles. The molecule has 20 heavy (non-hydrogen) atoms. The molecule has 0 aromatic heterocycles. The van der Waals surface area contributed by atoms with E-state index in [1.54, 1.807) is 31.3 Å². The third kappa shape index (κ3) is 3.37. The van der Waals surface area contributed by atoms with Gasteiger partial charge in [0.25, 0.3) is 0 Å². The lowest BCUT2D eigenvalue weighted by Gasteiger charge is -2.19. The number of hydrogen-bond donors (Lipinski definition) is 1. The zero-order valence-corrected chi connectivity index (χ0v) is 13.1. The van der Waals surface area contributed by atoms with Crippen LogP contribution in [0.4, 0.5) is 8.78 Å². The Morgan fingerprint density at radius 3 is 2.55 bits per heavy atom. The van der Waals surface area contributed by atoms with Gasteiger partial charge in [-0.1, -0.05) is 39.7 Å². The average molecular weight is 361 g/mol. The first-order valence-corrected chi connectivity index (χ1v) is 7.25. The van der Waals surface area contributed by atoms with Crippen LogP contribution in [0.2, 0.25) is 5.02 Å². The van der Waals surface area contributed by atoms with Crippen LogP contribution in [0.1, 0.15) is 17.2 Å². The van der Waals surface area contributed by atoms with Gasteiger partial charge in [-0.2, -0.15) is 0 Å². The standard InChI is InChI=1S/C15H13BrClF2N/c1-20-14(15-11(17)3-2-4-12(15)18)7-9-5-6-10(16)8-13(9)19/h2-6,8,14,20H,7H2,1H3. The van der Waals surface area contributed by atoms with Crippen molar-refractivity contribution >= 4 is 27.5 Å². The number of benzene rings is 2. The second-order valence-electron chi connectivity index (χ2n) is 4.42. The van der Waals surface area contributed by atoms with Crippen molar-refractivity contribution in [2.24, 2.45) is 0 Å². The first-order chi connectivity index (χ1) is 9.52. The Kier molecular flexibility index (Phi) is 5.13. The first-order valence-electron chi connectivity index (χ1n) is 6.08. The van der Waals surface area contributed by atoms with Crippen LogP contribution in [0.3, 0.4) is 0 Å². The van der Waals surface area contributed by atoms with E-state index in [1.807, 2.05) is 0 Å². The van der Waals surface area contributed by atoms with Crippen molar-refractivity contribution in [3.63, 3.8) is 0 Å². The Hall–Kier alpha value is -0.970. The Labute approximate surface area is 130 Å². The summed E-state index contributed by atoms with van der Waals surface area (Å²) in [6, 6.07) is 8.97. The van der Waals surface area contributed by atoms with E-state index in [4.69, 9.17) is 11.6 Å². The van der Waals surface area contributed by atoms with Crippen LogP contribution in [-0.2, 0) is 6.42 Å². The van der Waals surface area contributed by atoms with E-state index in [0.717, 1.165) is 0 Å². The van der Waals surface area contributed by atoms with Crippen molar-refractivity contribution in [1.82, 2.24) is 5.32 Å². The van der Waals surface area contributed by atoms with Gasteiger partial charge in [-0.25, -0.2) is 8.78 Å². The molecule has 1 unspecified atom stereocenters. The molecule has 2 rings (SSSR count). The highest BCUT2D eigenvalue weighted by molar-refractivity contribution is 9.10. The van der Waals surface area contributed by atoms with E-state index in [1.165, 1.54) is 12.1 Å². The largest absolute Gasteiger partial charge is 0.313 e. The molecule has 0 fully saturated rings. The highest BCUT2D eigenvalue weighted by Gasteiger charge is 2.19. The number of likely N-dealkylation sites (N-methyl/N-ethyl adjacent to an activating group) is 1. The average Bonchev–Trinajstić information content (AvgIpc) is 2.39. The molecule has 0 spiro atoms. The Morgan fingerprint density at radius 2 is 1.95 bits per heavy atom. The molecular weight excluding hydrogens is 348 g/mol. The van der Waals surface area contributed by atoms with Crippen molar-refractivity contribution < 1.29 is 8.78 Å². The van der Waals surface area contributed by atoms with Crippen molar-refractivity contribution in [2.75, 3.05) is 7.05 Å². The molecule has 0 radical (unpaired) electrons. The maximum atomic E-state index is 13.9. The maximum absolute atomic E-state index is 13.9. The quantitative estimate of drug-likeness (QED) is 0.819. The number of halogens is 4. The van der Waals surface area contributed by atoms with Gasteiger partial charge in [-0.05, 0) is 43.3 Å². The van der Waals surface area contributed by atoms with Gasteiger partial charge in [0.15, 0.2) is 0 Å². The van der Waals surface area contributed by atoms with Gasteiger partial charge >= 0.3 is 0 Å². The monoisotopic (exact) mass is 359 g/mol. The van der Waals surface area contributed by atoms with Gasteiger partial charge < -0.3 is 5.32 Å². The third-order valence-corrected chi connectivity index (χ3v) is 3.96. The predicted molar refractivity (Wildman–Crippen MR) is 81.0 cm³/mol. The van der Waals surface area contributed by atoms with Gasteiger partial charge in [0.2, 0.25) is 0 Å². The molecule has 106 valence electrons.